The Bertz CT molecular complexity index is 735. The molecule has 24 heavy (non-hydrogen) atoms. The zero-order chi connectivity index (χ0) is 16.7. The van der Waals surface area contributed by atoms with E-state index in [-0.39, 0.29) is 11.8 Å². The van der Waals surface area contributed by atoms with Crippen LogP contribution in [0.25, 0.3) is 0 Å². The summed E-state index contributed by atoms with van der Waals surface area (Å²) in [6.45, 7) is 3.73. The maximum Gasteiger partial charge on any atom is 0.257 e. The van der Waals surface area contributed by atoms with E-state index in [4.69, 9.17) is 4.74 Å². The molecule has 2 atom stereocenters. The number of carbonyl (C=O) groups excluding carboxylic acids is 1. The summed E-state index contributed by atoms with van der Waals surface area (Å²) in [7, 11) is 1.64. The molecule has 8 nitrogen and oxygen atoms in total. The van der Waals surface area contributed by atoms with Gasteiger partial charge in [-0.3, -0.25) is 15.0 Å². The molecule has 3 heterocycles. The number of nitrogens with zero attached hydrogens (tertiary/aromatic N) is 4. The number of nitrogens with one attached hydrogen (secondary N) is 2. The first-order chi connectivity index (χ1) is 11.7. The Labute approximate surface area is 140 Å². The molecule has 128 valence electrons. The van der Waals surface area contributed by atoms with E-state index in [1.165, 1.54) is 12.8 Å². The zero-order valence-electron chi connectivity index (χ0n) is 14.0. The number of aryl methyl sites for hydroxylation is 1. The van der Waals surface area contributed by atoms with Crippen LogP contribution in [0.5, 0.6) is 0 Å². The molecule has 1 saturated heterocycles. The van der Waals surface area contributed by atoms with Gasteiger partial charge in [0.15, 0.2) is 11.6 Å². The Morgan fingerprint density at radius 2 is 2.21 bits per heavy atom. The summed E-state index contributed by atoms with van der Waals surface area (Å²) in [6, 6.07) is 0. The molecular formula is C16H22N6O2. The number of ether oxygens (including phenoxy) is 1. The minimum atomic E-state index is 0.0436. The summed E-state index contributed by atoms with van der Waals surface area (Å²) < 4.78 is 5.10. The number of rotatable bonds is 5. The average molecular weight is 330 g/mol. The summed E-state index contributed by atoms with van der Waals surface area (Å²) in [5.41, 5.74) is 1.46. The molecule has 0 radical (unpaired) electrons. The molecule has 2 aliphatic rings. The first kappa shape index (κ1) is 15.3. The van der Waals surface area contributed by atoms with Crippen molar-refractivity contribution >= 4 is 5.91 Å². The maximum atomic E-state index is 12.8. The highest BCUT2D eigenvalue weighted by Crippen LogP contribution is 2.47. The van der Waals surface area contributed by atoms with Crippen molar-refractivity contribution in [1.82, 2.24) is 30.3 Å². The summed E-state index contributed by atoms with van der Waals surface area (Å²) in [4.78, 5) is 19.3. The number of aromatic amines is 2. The largest absolute Gasteiger partial charge is 0.377 e. The van der Waals surface area contributed by atoms with Gasteiger partial charge in [0.2, 0.25) is 0 Å². The van der Waals surface area contributed by atoms with E-state index in [0.29, 0.717) is 30.6 Å². The Morgan fingerprint density at radius 3 is 2.88 bits per heavy atom. The summed E-state index contributed by atoms with van der Waals surface area (Å²) >= 11 is 0. The Balaban J connectivity index is 1.55. The van der Waals surface area contributed by atoms with E-state index >= 15 is 0 Å². The standard InChI is InChI=1S/C16H22N6O2/c1-9-11(5-17-19-9)16(23)22-6-12(10-3-4-10)13(7-22)15-18-14(8-24-2)20-21-15/h5,10,12-13H,3-4,6-8H2,1-2H3,(H,17,19)(H,18,20,21)/t12-,13+/m1/s1. The second kappa shape index (κ2) is 6.01. The molecule has 2 aromatic rings. The number of methoxy groups -OCH3 is 1. The highest BCUT2D eigenvalue weighted by Gasteiger charge is 2.46. The molecule has 2 fully saturated rings. The van der Waals surface area contributed by atoms with Crippen molar-refractivity contribution in [2.75, 3.05) is 20.2 Å². The number of amides is 1. The Morgan fingerprint density at radius 1 is 1.38 bits per heavy atom. The lowest BCUT2D eigenvalue weighted by Crippen LogP contribution is -2.29. The van der Waals surface area contributed by atoms with E-state index in [2.05, 4.69) is 25.4 Å². The molecule has 1 saturated carbocycles. The molecule has 8 heteroatoms. The summed E-state index contributed by atoms with van der Waals surface area (Å²) in [6.07, 6.45) is 4.09. The monoisotopic (exact) mass is 330 g/mol. The molecule has 1 aliphatic carbocycles. The summed E-state index contributed by atoms with van der Waals surface area (Å²) in [5.74, 6) is 2.89. The van der Waals surface area contributed by atoms with Crippen LogP contribution in [0, 0.1) is 18.8 Å². The van der Waals surface area contributed by atoms with Crippen molar-refractivity contribution < 1.29 is 9.53 Å². The number of hydrogen-bond donors (Lipinski definition) is 2. The Hall–Kier alpha value is -2.22. The molecule has 4 rings (SSSR count). The van der Waals surface area contributed by atoms with Crippen molar-refractivity contribution in [3.8, 4) is 0 Å². The fourth-order valence-corrected chi connectivity index (χ4v) is 3.68. The van der Waals surface area contributed by atoms with Crippen LogP contribution in [-0.2, 0) is 11.3 Å². The molecule has 2 aromatic heterocycles. The lowest BCUT2D eigenvalue weighted by Gasteiger charge is -2.15. The van der Waals surface area contributed by atoms with Gasteiger partial charge in [0.1, 0.15) is 6.61 Å². The van der Waals surface area contributed by atoms with E-state index in [1.807, 2.05) is 11.8 Å². The average Bonchev–Trinajstić information content (AvgIpc) is 2.99. The smallest absolute Gasteiger partial charge is 0.257 e. The van der Waals surface area contributed by atoms with Gasteiger partial charge in [0.05, 0.1) is 11.8 Å². The second-order valence-electron chi connectivity index (χ2n) is 6.80. The highest BCUT2D eigenvalue weighted by molar-refractivity contribution is 5.95. The van der Waals surface area contributed by atoms with Crippen LogP contribution in [0.4, 0.5) is 0 Å². The third-order valence-electron chi connectivity index (χ3n) is 5.10. The van der Waals surface area contributed by atoms with Crippen molar-refractivity contribution in [3.05, 3.63) is 29.1 Å². The highest BCUT2D eigenvalue weighted by atomic mass is 16.5. The van der Waals surface area contributed by atoms with Gasteiger partial charge in [-0.2, -0.15) is 10.2 Å². The third-order valence-corrected chi connectivity index (χ3v) is 5.10. The van der Waals surface area contributed by atoms with Gasteiger partial charge in [-0.05, 0) is 31.6 Å². The maximum absolute atomic E-state index is 12.8. The van der Waals surface area contributed by atoms with E-state index < -0.39 is 0 Å². The van der Waals surface area contributed by atoms with Crippen LogP contribution in [0.3, 0.4) is 0 Å². The van der Waals surface area contributed by atoms with Crippen molar-refractivity contribution in [3.63, 3.8) is 0 Å². The van der Waals surface area contributed by atoms with Crippen LogP contribution in [0.1, 0.15) is 46.5 Å². The van der Waals surface area contributed by atoms with Gasteiger partial charge in [-0.15, -0.1) is 0 Å². The predicted octanol–water partition coefficient (Wildman–Crippen LogP) is 1.25. The third kappa shape index (κ3) is 2.71. The fraction of sp³-hybridized carbons (Fsp3) is 0.625. The molecule has 1 amide bonds. The number of H-pyrrole nitrogens is 2. The number of likely N-dealkylation sites (tertiary alicyclic amines) is 1. The van der Waals surface area contributed by atoms with Crippen molar-refractivity contribution in [1.29, 1.82) is 0 Å². The molecule has 1 aliphatic heterocycles. The molecule has 0 aromatic carbocycles. The van der Waals surface area contributed by atoms with Gasteiger partial charge in [0.25, 0.3) is 5.91 Å². The van der Waals surface area contributed by atoms with Gasteiger partial charge < -0.3 is 9.64 Å². The van der Waals surface area contributed by atoms with Crippen molar-refractivity contribution in [2.45, 2.75) is 32.3 Å². The number of aromatic nitrogens is 5. The van der Waals surface area contributed by atoms with E-state index in [1.54, 1.807) is 13.3 Å². The molecule has 2 N–H and O–H groups in total. The second-order valence-corrected chi connectivity index (χ2v) is 6.80. The minimum Gasteiger partial charge on any atom is -0.377 e. The first-order valence-corrected chi connectivity index (χ1v) is 8.36. The van der Waals surface area contributed by atoms with Gasteiger partial charge in [-0.1, -0.05) is 0 Å². The van der Waals surface area contributed by atoms with E-state index in [9.17, 15) is 4.79 Å². The molecule has 0 spiro atoms. The quantitative estimate of drug-likeness (QED) is 0.859. The number of hydrogen-bond acceptors (Lipinski definition) is 5. The van der Waals surface area contributed by atoms with Crippen LogP contribution in [0.2, 0.25) is 0 Å². The van der Waals surface area contributed by atoms with Crippen LogP contribution < -0.4 is 0 Å². The lowest BCUT2D eigenvalue weighted by atomic mass is 9.91. The topological polar surface area (TPSA) is 99.8 Å². The first-order valence-electron chi connectivity index (χ1n) is 8.36. The zero-order valence-corrected chi connectivity index (χ0v) is 14.0. The van der Waals surface area contributed by atoms with Crippen LogP contribution in [0.15, 0.2) is 6.20 Å². The van der Waals surface area contributed by atoms with Gasteiger partial charge >= 0.3 is 0 Å². The van der Waals surface area contributed by atoms with Gasteiger partial charge in [0, 0.05) is 31.8 Å². The SMILES string of the molecule is COCc1nc([C@H]2CN(C(=O)c3cn[nH]c3C)C[C@@H]2C2CC2)n[nH]1. The van der Waals surface area contributed by atoms with Crippen LogP contribution in [-0.4, -0.2) is 56.4 Å². The molecule has 0 bridgehead atoms. The molecular weight excluding hydrogens is 308 g/mol. The lowest BCUT2D eigenvalue weighted by molar-refractivity contribution is 0.0784. The van der Waals surface area contributed by atoms with Crippen molar-refractivity contribution in [2.24, 2.45) is 11.8 Å². The van der Waals surface area contributed by atoms with Crippen LogP contribution >= 0.6 is 0 Å². The Kier molecular flexibility index (Phi) is 3.84. The normalized spacial score (nSPS) is 23.8. The van der Waals surface area contributed by atoms with Gasteiger partial charge in [-0.25, -0.2) is 4.98 Å². The minimum absolute atomic E-state index is 0.0436. The fourth-order valence-electron chi connectivity index (χ4n) is 3.68. The number of carbonyl (C=O) groups is 1. The summed E-state index contributed by atoms with van der Waals surface area (Å²) in [5, 5.41) is 14.1. The molecule has 0 unspecified atom stereocenters. The van der Waals surface area contributed by atoms with E-state index in [0.717, 1.165) is 23.9 Å². The predicted molar refractivity (Wildman–Crippen MR) is 85.3 cm³/mol.